The molecule has 0 fully saturated rings. The van der Waals surface area contributed by atoms with Crippen molar-refractivity contribution in [2.75, 3.05) is 27.2 Å². The highest BCUT2D eigenvalue weighted by atomic mass is 16.6. The summed E-state index contributed by atoms with van der Waals surface area (Å²) in [6.07, 6.45) is 1.80. The summed E-state index contributed by atoms with van der Waals surface area (Å²) in [5, 5.41) is 8.42. The second-order valence-corrected chi connectivity index (χ2v) is 5.43. The van der Waals surface area contributed by atoms with Crippen molar-refractivity contribution < 1.29 is 4.84 Å². The molecule has 0 N–H and O–H groups in total. The molecule has 0 atom stereocenters. The van der Waals surface area contributed by atoms with Crippen LogP contribution in [0.2, 0.25) is 0 Å². The van der Waals surface area contributed by atoms with E-state index in [1.165, 1.54) is 0 Å². The second-order valence-electron chi connectivity index (χ2n) is 5.43. The van der Waals surface area contributed by atoms with E-state index in [-0.39, 0.29) is 0 Å². The fourth-order valence-electron chi connectivity index (χ4n) is 2.35. The smallest absolute Gasteiger partial charge is 0.129 e. The molecule has 0 saturated heterocycles. The molecule has 0 bridgehead atoms. The maximum atomic E-state index is 5.54. The van der Waals surface area contributed by atoms with E-state index in [2.05, 4.69) is 33.2 Å². The van der Waals surface area contributed by atoms with Gasteiger partial charge in [-0.3, -0.25) is 4.98 Å². The SMILES string of the molecule is CN(C)CCO/N=c1\c2ccccc2ccc2ncccc12. The van der Waals surface area contributed by atoms with Gasteiger partial charge in [-0.15, -0.1) is 0 Å². The lowest BCUT2D eigenvalue weighted by atomic mass is 10.1. The van der Waals surface area contributed by atoms with Crippen molar-refractivity contribution in [1.82, 2.24) is 9.88 Å². The van der Waals surface area contributed by atoms with Crippen molar-refractivity contribution in [3.8, 4) is 0 Å². The first kappa shape index (κ1) is 14.5. The van der Waals surface area contributed by atoms with Gasteiger partial charge in [0.2, 0.25) is 0 Å². The number of aromatic nitrogens is 1. The molecule has 0 radical (unpaired) electrons. The van der Waals surface area contributed by atoms with Crippen molar-refractivity contribution >= 4 is 21.7 Å². The van der Waals surface area contributed by atoms with Gasteiger partial charge in [-0.2, -0.15) is 0 Å². The molecular weight excluding hydrogens is 274 g/mol. The minimum absolute atomic E-state index is 0.557. The summed E-state index contributed by atoms with van der Waals surface area (Å²) in [7, 11) is 4.03. The van der Waals surface area contributed by atoms with E-state index in [9.17, 15) is 0 Å². The Morgan fingerprint density at radius 3 is 2.68 bits per heavy atom. The van der Waals surface area contributed by atoms with Gasteiger partial charge < -0.3 is 9.74 Å². The van der Waals surface area contributed by atoms with Crippen LogP contribution in [0.5, 0.6) is 0 Å². The zero-order valence-electron chi connectivity index (χ0n) is 12.9. The molecule has 0 aliphatic carbocycles. The predicted molar refractivity (Wildman–Crippen MR) is 89.3 cm³/mol. The van der Waals surface area contributed by atoms with Crippen molar-refractivity contribution in [1.29, 1.82) is 0 Å². The highest BCUT2D eigenvalue weighted by Crippen LogP contribution is 2.13. The Kier molecular flexibility index (Phi) is 4.30. The van der Waals surface area contributed by atoms with Gasteiger partial charge in [-0.1, -0.05) is 35.5 Å². The topological polar surface area (TPSA) is 37.7 Å². The summed E-state index contributed by atoms with van der Waals surface area (Å²) < 4.78 is 0. The molecule has 2 aromatic carbocycles. The van der Waals surface area contributed by atoms with Gasteiger partial charge >= 0.3 is 0 Å². The van der Waals surface area contributed by atoms with Gasteiger partial charge in [-0.05, 0) is 37.7 Å². The van der Waals surface area contributed by atoms with Crippen LogP contribution in [0.25, 0.3) is 21.7 Å². The first-order chi connectivity index (χ1) is 10.8. The summed E-state index contributed by atoms with van der Waals surface area (Å²) >= 11 is 0. The molecule has 112 valence electrons. The summed E-state index contributed by atoms with van der Waals surface area (Å²) in [5.41, 5.74) is 0.911. The highest BCUT2D eigenvalue weighted by molar-refractivity contribution is 5.91. The molecule has 1 heterocycles. The molecule has 4 nitrogen and oxygen atoms in total. The predicted octanol–water partition coefficient (Wildman–Crippen LogP) is 2.78. The Morgan fingerprint density at radius 2 is 1.82 bits per heavy atom. The summed E-state index contributed by atoms with van der Waals surface area (Å²) in [6, 6.07) is 16.2. The van der Waals surface area contributed by atoms with E-state index in [0.29, 0.717) is 6.61 Å². The number of hydrogen-bond acceptors (Lipinski definition) is 4. The molecule has 3 aromatic rings. The summed E-state index contributed by atoms with van der Waals surface area (Å²) in [4.78, 5) is 12.0. The largest absolute Gasteiger partial charge is 0.394 e. The Labute approximate surface area is 129 Å². The Hall–Kier alpha value is -2.46. The standard InChI is InChI=1S/C18H19N3O/c1-21(2)12-13-22-20-18-15-7-4-3-6-14(15)9-10-17-16(18)8-5-11-19-17/h3-11H,12-13H2,1-2H3/b20-18+. The number of nitrogens with zero attached hydrogens (tertiary/aromatic N) is 3. The molecule has 0 aliphatic rings. The highest BCUT2D eigenvalue weighted by Gasteiger charge is 2.01. The second kappa shape index (κ2) is 6.54. The number of likely N-dealkylation sites (N-methyl/N-ethyl adjacent to an activating group) is 1. The zero-order chi connectivity index (χ0) is 15.4. The Bertz CT molecular complexity index is 797. The monoisotopic (exact) mass is 293 g/mol. The van der Waals surface area contributed by atoms with E-state index >= 15 is 0 Å². The van der Waals surface area contributed by atoms with Crippen LogP contribution in [0.15, 0.2) is 59.9 Å². The summed E-state index contributed by atoms with van der Waals surface area (Å²) in [5.74, 6) is 0. The third-order valence-corrected chi connectivity index (χ3v) is 3.52. The van der Waals surface area contributed by atoms with E-state index < -0.39 is 0 Å². The quantitative estimate of drug-likeness (QED) is 0.548. The number of benzene rings is 1. The molecule has 0 unspecified atom stereocenters. The van der Waals surface area contributed by atoms with Crippen molar-refractivity contribution in [3.63, 3.8) is 0 Å². The van der Waals surface area contributed by atoms with E-state index in [0.717, 1.165) is 33.6 Å². The van der Waals surface area contributed by atoms with Gasteiger partial charge in [0.05, 0.1) is 5.52 Å². The lowest BCUT2D eigenvalue weighted by Gasteiger charge is -2.07. The van der Waals surface area contributed by atoms with Crippen molar-refractivity contribution in [2.24, 2.45) is 5.16 Å². The maximum Gasteiger partial charge on any atom is 0.129 e. The number of rotatable bonds is 4. The van der Waals surface area contributed by atoms with Crippen molar-refractivity contribution in [3.05, 3.63) is 60.1 Å². The molecule has 0 amide bonds. The van der Waals surface area contributed by atoms with Gasteiger partial charge in [0.15, 0.2) is 0 Å². The van der Waals surface area contributed by atoms with Crippen LogP contribution in [0.4, 0.5) is 0 Å². The average Bonchev–Trinajstić information content (AvgIpc) is 2.69. The number of hydrogen-bond donors (Lipinski definition) is 0. The fourth-order valence-corrected chi connectivity index (χ4v) is 2.35. The minimum atomic E-state index is 0.557. The third kappa shape index (κ3) is 3.07. The average molecular weight is 293 g/mol. The molecular formula is C18H19N3O. The zero-order valence-corrected chi connectivity index (χ0v) is 12.9. The van der Waals surface area contributed by atoms with Gasteiger partial charge in [0, 0.05) is 23.5 Å². The van der Waals surface area contributed by atoms with Crippen LogP contribution in [-0.4, -0.2) is 37.1 Å². The minimum Gasteiger partial charge on any atom is -0.394 e. The van der Waals surface area contributed by atoms with Crippen LogP contribution in [0.1, 0.15) is 0 Å². The lowest BCUT2D eigenvalue weighted by molar-refractivity contribution is 0.117. The van der Waals surface area contributed by atoms with Crippen LogP contribution in [-0.2, 0) is 4.84 Å². The van der Waals surface area contributed by atoms with Gasteiger partial charge in [0.1, 0.15) is 12.0 Å². The van der Waals surface area contributed by atoms with Crippen LogP contribution in [0.3, 0.4) is 0 Å². The maximum absolute atomic E-state index is 5.54. The Balaban J connectivity index is 2.21. The molecule has 22 heavy (non-hydrogen) atoms. The van der Waals surface area contributed by atoms with Crippen molar-refractivity contribution in [2.45, 2.75) is 0 Å². The van der Waals surface area contributed by atoms with Crippen LogP contribution < -0.4 is 5.36 Å². The van der Waals surface area contributed by atoms with Gasteiger partial charge in [0.25, 0.3) is 0 Å². The number of pyridine rings is 1. The first-order valence-corrected chi connectivity index (χ1v) is 7.33. The lowest BCUT2D eigenvalue weighted by Crippen LogP contribution is -2.17. The van der Waals surface area contributed by atoms with Crippen LogP contribution >= 0.6 is 0 Å². The molecule has 3 rings (SSSR count). The van der Waals surface area contributed by atoms with E-state index in [1.807, 2.05) is 44.4 Å². The normalized spacial score (nSPS) is 12.2. The van der Waals surface area contributed by atoms with E-state index in [1.54, 1.807) is 6.20 Å². The van der Waals surface area contributed by atoms with Crippen LogP contribution in [0, 0.1) is 0 Å². The summed E-state index contributed by atoms with van der Waals surface area (Å²) in [6.45, 7) is 1.39. The third-order valence-electron chi connectivity index (χ3n) is 3.52. The van der Waals surface area contributed by atoms with E-state index in [4.69, 9.17) is 4.84 Å². The van der Waals surface area contributed by atoms with Gasteiger partial charge in [-0.25, -0.2) is 0 Å². The molecule has 1 aromatic heterocycles. The fraction of sp³-hybridized carbons (Fsp3) is 0.222. The number of fused-ring (bicyclic) bond motifs is 2. The molecule has 0 aliphatic heterocycles. The molecule has 0 saturated carbocycles. The Morgan fingerprint density at radius 1 is 1.00 bits per heavy atom. The molecule has 4 heteroatoms. The first-order valence-electron chi connectivity index (χ1n) is 7.33. The molecule has 0 spiro atoms.